The summed E-state index contributed by atoms with van der Waals surface area (Å²) in [4.78, 5) is 22.9. The highest BCUT2D eigenvalue weighted by Crippen LogP contribution is 2.25. The first kappa shape index (κ1) is 17.2. The van der Waals surface area contributed by atoms with Crippen LogP contribution in [-0.4, -0.2) is 41.8 Å². The molecule has 6 nitrogen and oxygen atoms in total. The zero-order valence-corrected chi connectivity index (χ0v) is 13.3. The minimum Gasteiger partial charge on any atom is -0.495 e. The van der Waals surface area contributed by atoms with Crippen molar-refractivity contribution in [3.8, 4) is 5.75 Å². The summed E-state index contributed by atoms with van der Waals surface area (Å²) < 4.78 is 5.03. The summed E-state index contributed by atoms with van der Waals surface area (Å²) in [6.07, 6.45) is 1.97. The van der Waals surface area contributed by atoms with Gasteiger partial charge in [0.25, 0.3) is 0 Å². The van der Waals surface area contributed by atoms with Crippen LogP contribution < -0.4 is 15.4 Å². The van der Waals surface area contributed by atoms with E-state index in [9.17, 15) is 9.59 Å². The molecule has 1 rings (SSSR count). The maximum absolute atomic E-state index is 11.9. The largest absolute Gasteiger partial charge is 0.495 e. The molecule has 3 N–H and O–H groups in total. The second kappa shape index (κ2) is 7.21. The fourth-order valence-corrected chi connectivity index (χ4v) is 1.69. The van der Waals surface area contributed by atoms with Crippen molar-refractivity contribution in [1.29, 1.82) is 0 Å². The summed E-state index contributed by atoms with van der Waals surface area (Å²) in [7, 11) is 1.45. The van der Waals surface area contributed by atoms with E-state index >= 15 is 0 Å². The molecule has 0 bridgehead atoms. The Bertz CT molecular complexity index is 532. The van der Waals surface area contributed by atoms with Crippen molar-refractivity contribution in [2.75, 3.05) is 25.2 Å². The third-order valence-electron chi connectivity index (χ3n) is 2.92. The van der Waals surface area contributed by atoms with Gasteiger partial charge >= 0.3 is 12.0 Å². The Morgan fingerprint density at radius 3 is 2.57 bits per heavy atom. The highest BCUT2D eigenvalue weighted by Gasteiger charge is 2.18. The molecule has 1 aromatic carbocycles. The molecule has 0 saturated heterocycles. The number of carbonyl (C=O) groups excluding carboxylic acids is 1. The number of carboxylic acid groups (broad SMARTS) is 1. The van der Waals surface area contributed by atoms with Crippen molar-refractivity contribution < 1.29 is 19.4 Å². The van der Waals surface area contributed by atoms with Crippen molar-refractivity contribution in [3.05, 3.63) is 23.8 Å². The van der Waals surface area contributed by atoms with E-state index in [1.165, 1.54) is 25.3 Å². The van der Waals surface area contributed by atoms with Crippen molar-refractivity contribution in [3.63, 3.8) is 0 Å². The number of ether oxygens (including phenoxy) is 1. The number of carboxylic acids is 1. The average Bonchev–Trinajstić information content (AvgIpc) is 2.45. The van der Waals surface area contributed by atoms with Gasteiger partial charge in [0.15, 0.2) is 0 Å². The van der Waals surface area contributed by atoms with Crippen LogP contribution in [0.5, 0.6) is 5.75 Å². The standard InChI is InChI=1S/C14H20N2O4S/c1-14(2,21-4)8-15-13(19)16-10-7-9(12(17)18)5-6-11(10)20-3/h5-7H,8H2,1-4H3,(H,17,18)(H2,15,16,19). The molecule has 0 saturated carbocycles. The molecule has 0 aliphatic carbocycles. The first-order chi connectivity index (χ1) is 9.79. The number of hydrogen-bond donors (Lipinski definition) is 3. The van der Waals surface area contributed by atoms with E-state index in [-0.39, 0.29) is 10.3 Å². The van der Waals surface area contributed by atoms with Crippen molar-refractivity contribution in [2.24, 2.45) is 0 Å². The molecule has 0 atom stereocenters. The number of aromatic carboxylic acids is 1. The van der Waals surface area contributed by atoms with Gasteiger partial charge in [0.2, 0.25) is 0 Å². The zero-order valence-electron chi connectivity index (χ0n) is 12.5. The third-order valence-corrected chi connectivity index (χ3v) is 4.17. The van der Waals surface area contributed by atoms with Crippen LogP contribution in [0.1, 0.15) is 24.2 Å². The number of urea groups is 1. The smallest absolute Gasteiger partial charge is 0.335 e. The summed E-state index contributed by atoms with van der Waals surface area (Å²) >= 11 is 1.64. The normalized spacial score (nSPS) is 10.9. The first-order valence-electron chi connectivity index (χ1n) is 6.30. The number of anilines is 1. The van der Waals surface area contributed by atoms with Crippen LogP contribution in [0.15, 0.2) is 18.2 Å². The number of carbonyl (C=O) groups is 2. The number of nitrogens with one attached hydrogen (secondary N) is 2. The lowest BCUT2D eigenvalue weighted by Gasteiger charge is -2.22. The van der Waals surface area contributed by atoms with Gasteiger partial charge in [-0.2, -0.15) is 11.8 Å². The number of thioether (sulfide) groups is 1. The predicted molar refractivity (Wildman–Crippen MR) is 84.6 cm³/mol. The van der Waals surface area contributed by atoms with E-state index in [0.717, 1.165) is 0 Å². The van der Waals surface area contributed by atoms with Crippen LogP contribution in [-0.2, 0) is 0 Å². The number of methoxy groups -OCH3 is 1. The van der Waals surface area contributed by atoms with Gasteiger partial charge < -0.3 is 20.5 Å². The van der Waals surface area contributed by atoms with Gasteiger partial charge in [0.1, 0.15) is 5.75 Å². The number of amides is 2. The molecule has 0 unspecified atom stereocenters. The first-order valence-corrected chi connectivity index (χ1v) is 7.53. The molecule has 21 heavy (non-hydrogen) atoms. The van der Waals surface area contributed by atoms with E-state index in [2.05, 4.69) is 10.6 Å². The fourth-order valence-electron chi connectivity index (χ4n) is 1.47. The zero-order chi connectivity index (χ0) is 16.0. The van der Waals surface area contributed by atoms with Crippen LogP contribution in [0.25, 0.3) is 0 Å². The van der Waals surface area contributed by atoms with Crippen LogP contribution in [0.3, 0.4) is 0 Å². The summed E-state index contributed by atoms with van der Waals surface area (Å²) in [6.45, 7) is 4.52. The van der Waals surface area contributed by atoms with Crippen LogP contribution >= 0.6 is 11.8 Å². The minimum atomic E-state index is -1.07. The molecule has 116 valence electrons. The molecule has 7 heteroatoms. The third kappa shape index (κ3) is 5.18. The molecular weight excluding hydrogens is 292 g/mol. The van der Waals surface area contributed by atoms with E-state index < -0.39 is 12.0 Å². The second-order valence-corrected chi connectivity index (χ2v) is 6.51. The highest BCUT2D eigenvalue weighted by atomic mass is 32.2. The van der Waals surface area contributed by atoms with Crippen LogP contribution in [0, 0.1) is 0 Å². The Balaban J connectivity index is 2.79. The second-order valence-electron chi connectivity index (χ2n) is 4.99. The summed E-state index contributed by atoms with van der Waals surface area (Å²) in [5.74, 6) is -0.663. The molecule has 0 aliphatic rings. The molecule has 0 spiro atoms. The molecule has 0 aliphatic heterocycles. The Hall–Kier alpha value is -1.89. The molecule has 0 fully saturated rings. The van der Waals surface area contributed by atoms with Crippen LogP contribution in [0.4, 0.5) is 10.5 Å². The molecular formula is C14H20N2O4S. The fraction of sp³-hybridized carbons (Fsp3) is 0.429. The summed E-state index contributed by atoms with van der Waals surface area (Å²) in [5, 5.41) is 14.3. The topological polar surface area (TPSA) is 87.7 Å². The van der Waals surface area contributed by atoms with Crippen molar-refractivity contribution in [1.82, 2.24) is 5.32 Å². The SMILES string of the molecule is COc1ccc(C(=O)O)cc1NC(=O)NCC(C)(C)SC. The maximum atomic E-state index is 11.9. The van der Waals surface area contributed by atoms with Gasteiger partial charge in [-0.05, 0) is 38.3 Å². The highest BCUT2D eigenvalue weighted by molar-refractivity contribution is 7.99. The Kier molecular flexibility index (Phi) is 5.90. The quantitative estimate of drug-likeness (QED) is 0.751. The molecule has 0 heterocycles. The molecule has 0 aromatic heterocycles. The van der Waals surface area contributed by atoms with Crippen molar-refractivity contribution in [2.45, 2.75) is 18.6 Å². The van der Waals surface area contributed by atoms with E-state index in [4.69, 9.17) is 9.84 Å². The monoisotopic (exact) mass is 312 g/mol. The number of benzene rings is 1. The van der Waals surface area contributed by atoms with Gasteiger partial charge in [-0.1, -0.05) is 0 Å². The van der Waals surface area contributed by atoms with Gasteiger partial charge in [-0.25, -0.2) is 9.59 Å². The lowest BCUT2D eigenvalue weighted by atomic mass is 10.2. The average molecular weight is 312 g/mol. The summed E-state index contributed by atoms with van der Waals surface area (Å²) in [5.41, 5.74) is 0.396. The van der Waals surface area contributed by atoms with E-state index in [0.29, 0.717) is 18.0 Å². The predicted octanol–water partition coefficient (Wildman–Crippen LogP) is 2.66. The van der Waals surface area contributed by atoms with E-state index in [1.54, 1.807) is 11.8 Å². The van der Waals surface area contributed by atoms with Crippen molar-refractivity contribution >= 4 is 29.4 Å². The molecule has 1 aromatic rings. The van der Waals surface area contributed by atoms with Gasteiger partial charge in [-0.3, -0.25) is 0 Å². The Labute approximate surface area is 128 Å². The Morgan fingerprint density at radius 2 is 2.05 bits per heavy atom. The van der Waals surface area contributed by atoms with Gasteiger partial charge in [0, 0.05) is 11.3 Å². The number of rotatable bonds is 6. The van der Waals surface area contributed by atoms with Crippen LogP contribution in [0.2, 0.25) is 0 Å². The lowest BCUT2D eigenvalue weighted by molar-refractivity contribution is 0.0697. The minimum absolute atomic E-state index is 0.0790. The molecule has 2 amide bonds. The van der Waals surface area contributed by atoms with Gasteiger partial charge in [0.05, 0.1) is 18.4 Å². The van der Waals surface area contributed by atoms with E-state index in [1.807, 2.05) is 20.1 Å². The Morgan fingerprint density at radius 1 is 1.38 bits per heavy atom. The van der Waals surface area contributed by atoms with Gasteiger partial charge in [-0.15, -0.1) is 0 Å². The molecule has 0 radical (unpaired) electrons. The maximum Gasteiger partial charge on any atom is 0.335 e. The lowest BCUT2D eigenvalue weighted by Crippen LogP contribution is -2.38. The summed E-state index contributed by atoms with van der Waals surface area (Å²) in [6, 6.07) is 3.88. The number of hydrogen-bond acceptors (Lipinski definition) is 4.